The highest BCUT2D eigenvalue weighted by Gasteiger charge is 2.29. The predicted molar refractivity (Wildman–Crippen MR) is 74.3 cm³/mol. The molecule has 1 N–H and O–H groups in total. The van der Waals surface area contributed by atoms with E-state index in [4.69, 9.17) is 4.74 Å². The summed E-state index contributed by atoms with van der Waals surface area (Å²) in [5.41, 5.74) is 2.88. The van der Waals surface area contributed by atoms with E-state index in [2.05, 4.69) is 30.4 Å². The molecule has 3 rings (SSSR count). The second-order valence-electron chi connectivity index (χ2n) is 5.59. The molecular weight excluding hydrogens is 222 g/mol. The molecule has 0 bridgehead atoms. The zero-order valence-corrected chi connectivity index (χ0v) is 11.2. The molecule has 1 aliphatic carbocycles. The van der Waals surface area contributed by atoms with Gasteiger partial charge in [0.1, 0.15) is 5.75 Å². The lowest BCUT2D eigenvalue weighted by Gasteiger charge is -2.15. The number of para-hydroxylation sites is 1. The van der Waals surface area contributed by atoms with Gasteiger partial charge in [-0.05, 0) is 49.3 Å². The van der Waals surface area contributed by atoms with Crippen molar-refractivity contribution in [3.05, 3.63) is 29.3 Å². The van der Waals surface area contributed by atoms with Crippen LogP contribution in [-0.2, 0) is 6.42 Å². The van der Waals surface area contributed by atoms with Gasteiger partial charge in [-0.1, -0.05) is 25.1 Å². The average Bonchev–Trinajstić information content (AvgIpc) is 3.04. The lowest BCUT2D eigenvalue weighted by Crippen LogP contribution is -2.26. The molecule has 1 saturated carbocycles. The molecule has 2 heteroatoms. The van der Waals surface area contributed by atoms with E-state index < -0.39 is 0 Å². The van der Waals surface area contributed by atoms with Gasteiger partial charge in [0, 0.05) is 12.5 Å². The monoisotopic (exact) mass is 245 g/mol. The Labute approximate surface area is 110 Å². The quantitative estimate of drug-likeness (QED) is 0.879. The fraction of sp³-hybridized carbons (Fsp3) is 0.625. The van der Waals surface area contributed by atoms with E-state index in [0.29, 0.717) is 12.0 Å². The van der Waals surface area contributed by atoms with Gasteiger partial charge in [-0.15, -0.1) is 0 Å². The Hall–Kier alpha value is -1.02. The Kier molecular flexibility index (Phi) is 3.55. The Balaban J connectivity index is 1.71. The molecule has 2 unspecified atom stereocenters. The van der Waals surface area contributed by atoms with Crippen LogP contribution in [0.15, 0.2) is 18.2 Å². The van der Waals surface area contributed by atoms with Crippen molar-refractivity contribution < 1.29 is 4.74 Å². The van der Waals surface area contributed by atoms with E-state index in [1.165, 1.54) is 42.6 Å². The van der Waals surface area contributed by atoms with Crippen molar-refractivity contribution in [2.45, 2.75) is 51.0 Å². The Morgan fingerprint density at radius 3 is 3.17 bits per heavy atom. The van der Waals surface area contributed by atoms with Crippen LogP contribution < -0.4 is 10.1 Å². The number of rotatable bonds is 4. The second-order valence-corrected chi connectivity index (χ2v) is 5.59. The van der Waals surface area contributed by atoms with Crippen LogP contribution in [0.3, 0.4) is 0 Å². The van der Waals surface area contributed by atoms with Gasteiger partial charge in [0.15, 0.2) is 0 Å². The van der Waals surface area contributed by atoms with E-state index in [-0.39, 0.29) is 0 Å². The van der Waals surface area contributed by atoms with Gasteiger partial charge in [-0.3, -0.25) is 0 Å². The summed E-state index contributed by atoms with van der Waals surface area (Å²) in [6.45, 7) is 4.26. The van der Waals surface area contributed by atoms with Gasteiger partial charge in [0.25, 0.3) is 0 Å². The van der Waals surface area contributed by atoms with E-state index in [1.54, 1.807) is 0 Å². The third-order valence-corrected chi connectivity index (χ3v) is 4.30. The number of ether oxygens (including phenoxy) is 1. The highest BCUT2D eigenvalue weighted by atomic mass is 16.5. The lowest BCUT2D eigenvalue weighted by atomic mass is 9.94. The van der Waals surface area contributed by atoms with Crippen molar-refractivity contribution >= 4 is 0 Å². The standard InChI is InChI=1S/C16H23NO/c1-2-9-17-14-7-6-13(11-14)15-5-3-4-12-8-10-18-16(12)15/h3-5,13-14,17H,2,6-11H2,1H3. The van der Waals surface area contributed by atoms with Crippen molar-refractivity contribution in [3.8, 4) is 5.75 Å². The summed E-state index contributed by atoms with van der Waals surface area (Å²) in [5, 5.41) is 3.66. The first kappa shape index (κ1) is 12.0. The molecule has 0 saturated heterocycles. The zero-order chi connectivity index (χ0) is 12.4. The number of benzene rings is 1. The highest BCUT2D eigenvalue weighted by Crippen LogP contribution is 2.41. The summed E-state index contributed by atoms with van der Waals surface area (Å²) in [6.07, 6.45) is 6.22. The number of hydrogen-bond acceptors (Lipinski definition) is 2. The van der Waals surface area contributed by atoms with Crippen LogP contribution in [0.1, 0.15) is 49.7 Å². The van der Waals surface area contributed by atoms with Gasteiger partial charge < -0.3 is 10.1 Å². The molecule has 2 atom stereocenters. The fourth-order valence-corrected chi connectivity index (χ4v) is 3.36. The third-order valence-electron chi connectivity index (χ3n) is 4.30. The number of nitrogens with one attached hydrogen (secondary N) is 1. The maximum atomic E-state index is 5.84. The number of fused-ring (bicyclic) bond motifs is 1. The summed E-state index contributed by atoms with van der Waals surface area (Å²) < 4.78 is 5.84. The normalized spacial score (nSPS) is 26.1. The van der Waals surface area contributed by atoms with Crippen LogP contribution >= 0.6 is 0 Å². The van der Waals surface area contributed by atoms with Crippen LogP contribution in [0.2, 0.25) is 0 Å². The molecule has 0 radical (unpaired) electrons. The third kappa shape index (κ3) is 2.26. The molecule has 2 nitrogen and oxygen atoms in total. The van der Waals surface area contributed by atoms with Gasteiger partial charge >= 0.3 is 0 Å². The van der Waals surface area contributed by atoms with Crippen molar-refractivity contribution in [2.75, 3.05) is 13.2 Å². The highest BCUT2D eigenvalue weighted by molar-refractivity contribution is 5.46. The largest absolute Gasteiger partial charge is 0.493 e. The lowest BCUT2D eigenvalue weighted by molar-refractivity contribution is 0.351. The van der Waals surface area contributed by atoms with E-state index in [9.17, 15) is 0 Å². The van der Waals surface area contributed by atoms with Crippen molar-refractivity contribution in [1.29, 1.82) is 0 Å². The topological polar surface area (TPSA) is 21.3 Å². The maximum absolute atomic E-state index is 5.84. The minimum atomic E-state index is 0.701. The van der Waals surface area contributed by atoms with Crippen LogP contribution in [0.25, 0.3) is 0 Å². The summed E-state index contributed by atoms with van der Waals surface area (Å²) in [5.74, 6) is 1.91. The molecular formula is C16H23NO. The summed E-state index contributed by atoms with van der Waals surface area (Å²) in [6, 6.07) is 7.41. The van der Waals surface area contributed by atoms with E-state index >= 15 is 0 Å². The molecule has 0 amide bonds. The molecule has 1 aromatic carbocycles. The molecule has 1 aliphatic heterocycles. The molecule has 18 heavy (non-hydrogen) atoms. The minimum Gasteiger partial charge on any atom is -0.493 e. The first-order valence-electron chi connectivity index (χ1n) is 7.36. The van der Waals surface area contributed by atoms with Gasteiger partial charge in [-0.25, -0.2) is 0 Å². The predicted octanol–water partition coefficient (Wildman–Crippen LogP) is 3.26. The van der Waals surface area contributed by atoms with Gasteiger partial charge in [0.2, 0.25) is 0 Å². The number of hydrogen-bond donors (Lipinski definition) is 1. The summed E-state index contributed by atoms with van der Waals surface area (Å²) in [4.78, 5) is 0. The molecule has 2 aliphatic rings. The smallest absolute Gasteiger partial charge is 0.126 e. The Morgan fingerprint density at radius 1 is 1.33 bits per heavy atom. The molecule has 0 aromatic heterocycles. The van der Waals surface area contributed by atoms with Crippen LogP contribution in [0, 0.1) is 0 Å². The van der Waals surface area contributed by atoms with Crippen molar-refractivity contribution in [3.63, 3.8) is 0 Å². The van der Waals surface area contributed by atoms with Gasteiger partial charge in [0.05, 0.1) is 6.61 Å². The van der Waals surface area contributed by atoms with Crippen molar-refractivity contribution in [2.24, 2.45) is 0 Å². The van der Waals surface area contributed by atoms with Crippen LogP contribution in [0.4, 0.5) is 0 Å². The Bertz CT molecular complexity index is 416. The maximum Gasteiger partial charge on any atom is 0.126 e. The molecule has 1 heterocycles. The first-order chi connectivity index (χ1) is 8.88. The minimum absolute atomic E-state index is 0.701. The second kappa shape index (κ2) is 5.31. The van der Waals surface area contributed by atoms with E-state index in [1.807, 2.05) is 0 Å². The first-order valence-corrected chi connectivity index (χ1v) is 7.36. The molecule has 98 valence electrons. The van der Waals surface area contributed by atoms with Crippen molar-refractivity contribution in [1.82, 2.24) is 5.32 Å². The SMILES string of the molecule is CCCNC1CCC(c2cccc3c2OCC3)C1. The van der Waals surface area contributed by atoms with E-state index in [0.717, 1.165) is 19.6 Å². The molecule has 0 spiro atoms. The van der Waals surface area contributed by atoms with Crippen LogP contribution in [-0.4, -0.2) is 19.2 Å². The summed E-state index contributed by atoms with van der Waals surface area (Å²) in [7, 11) is 0. The fourth-order valence-electron chi connectivity index (χ4n) is 3.36. The zero-order valence-electron chi connectivity index (χ0n) is 11.2. The molecule has 1 aromatic rings. The summed E-state index contributed by atoms with van der Waals surface area (Å²) >= 11 is 0. The van der Waals surface area contributed by atoms with Crippen LogP contribution in [0.5, 0.6) is 5.75 Å². The average molecular weight is 245 g/mol. The molecule has 1 fully saturated rings. The van der Waals surface area contributed by atoms with Gasteiger partial charge in [-0.2, -0.15) is 0 Å². The Morgan fingerprint density at radius 2 is 2.28 bits per heavy atom.